The Labute approximate surface area is 118 Å². The minimum Gasteiger partial charge on any atom is -0.591 e. The molecule has 0 aromatic heterocycles. The Morgan fingerprint density at radius 3 is 2.32 bits per heavy atom. The van der Waals surface area contributed by atoms with Crippen LogP contribution in [0.1, 0.15) is 31.9 Å². The highest BCUT2D eigenvalue weighted by molar-refractivity contribution is 7.91. The predicted molar refractivity (Wildman–Crippen MR) is 71.9 cm³/mol. The first-order valence-electron chi connectivity index (χ1n) is 5.34. The summed E-state index contributed by atoms with van der Waals surface area (Å²) in [4.78, 5) is 0. The molecule has 106 valence electrons. The third-order valence-electron chi connectivity index (χ3n) is 2.13. The van der Waals surface area contributed by atoms with Crippen molar-refractivity contribution in [3.8, 4) is 0 Å². The quantitative estimate of drug-likeness (QED) is 0.594. The van der Waals surface area contributed by atoms with Crippen LogP contribution in [0.3, 0.4) is 0 Å². The SMILES string of the molecule is CC(C)(C)[S+]([O-])N=Cc1ccc(Cl)cc1C(F)(F)F. The summed E-state index contributed by atoms with van der Waals surface area (Å²) in [7, 11) is 0. The van der Waals surface area contributed by atoms with Gasteiger partial charge in [0, 0.05) is 10.6 Å². The van der Waals surface area contributed by atoms with Crippen molar-refractivity contribution in [2.45, 2.75) is 31.7 Å². The van der Waals surface area contributed by atoms with Gasteiger partial charge in [-0.05, 0) is 32.9 Å². The van der Waals surface area contributed by atoms with Crippen LogP contribution in [-0.2, 0) is 17.5 Å². The smallest absolute Gasteiger partial charge is 0.417 e. The molecule has 0 N–H and O–H groups in total. The summed E-state index contributed by atoms with van der Waals surface area (Å²) < 4.78 is 53.1. The van der Waals surface area contributed by atoms with Gasteiger partial charge >= 0.3 is 6.18 Å². The summed E-state index contributed by atoms with van der Waals surface area (Å²) in [5.74, 6) is 0. The molecule has 0 amide bonds. The van der Waals surface area contributed by atoms with Crippen LogP contribution in [0, 0.1) is 0 Å². The van der Waals surface area contributed by atoms with Crippen LogP contribution in [0.2, 0.25) is 5.02 Å². The molecule has 0 fully saturated rings. The standard InChI is InChI=1S/C12H13ClF3NOS/c1-11(2,3)19(18)17-7-8-4-5-9(13)6-10(8)12(14,15)16/h4-7H,1-3H3. The second-order valence-electron chi connectivity index (χ2n) is 4.83. The van der Waals surface area contributed by atoms with Crippen molar-refractivity contribution in [1.29, 1.82) is 0 Å². The summed E-state index contributed by atoms with van der Waals surface area (Å²) in [6.45, 7) is 5.06. The molecule has 1 atom stereocenters. The fourth-order valence-electron chi connectivity index (χ4n) is 1.15. The lowest BCUT2D eigenvalue weighted by Gasteiger charge is -2.18. The van der Waals surface area contributed by atoms with E-state index < -0.39 is 27.8 Å². The van der Waals surface area contributed by atoms with Gasteiger partial charge in [-0.3, -0.25) is 0 Å². The summed E-state index contributed by atoms with van der Waals surface area (Å²) in [6.07, 6.45) is -3.56. The van der Waals surface area contributed by atoms with Gasteiger partial charge in [-0.15, -0.1) is 0 Å². The largest absolute Gasteiger partial charge is 0.591 e. The van der Waals surface area contributed by atoms with Gasteiger partial charge in [-0.2, -0.15) is 13.2 Å². The van der Waals surface area contributed by atoms with Crippen molar-refractivity contribution >= 4 is 29.2 Å². The lowest BCUT2D eigenvalue weighted by Crippen LogP contribution is -2.26. The van der Waals surface area contributed by atoms with Crippen LogP contribution in [0.15, 0.2) is 22.6 Å². The van der Waals surface area contributed by atoms with E-state index in [0.717, 1.165) is 12.3 Å². The fraction of sp³-hybridized carbons (Fsp3) is 0.417. The molecule has 0 saturated heterocycles. The highest BCUT2D eigenvalue weighted by atomic mass is 35.5. The van der Waals surface area contributed by atoms with Crippen molar-refractivity contribution < 1.29 is 17.7 Å². The Morgan fingerprint density at radius 2 is 1.84 bits per heavy atom. The molecule has 19 heavy (non-hydrogen) atoms. The lowest BCUT2D eigenvalue weighted by atomic mass is 10.1. The second-order valence-corrected chi connectivity index (χ2v) is 7.20. The zero-order chi connectivity index (χ0) is 14.8. The maximum Gasteiger partial charge on any atom is 0.417 e. The van der Waals surface area contributed by atoms with E-state index in [2.05, 4.69) is 4.40 Å². The molecule has 2 nitrogen and oxygen atoms in total. The lowest BCUT2D eigenvalue weighted by molar-refractivity contribution is -0.137. The van der Waals surface area contributed by atoms with E-state index >= 15 is 0 Å². The van der Waals surface area contributed by atoms with E-state index in [1.54, 1.807) is 20.8 Å². The van der Waals surface area contributed by atoms with Gasteiger partial charge in [0.25, 0.3) is 0 Å². The number of alkyl halides is 3. The molecule has 0 aliphatic rings. The molecule has 0 spiro atoms. The molecule has 0 aliphatic carbocycles. The average Bonchev–Trinajstić information content (AvgIpc) is 2.24. The van der Waals surface area contributed by atoms with Gasteiger partial charge in [0.1, 0.15) is 16.1 Å². The maximum absolute atomic E-state index is 12.8. The van der Waals surface area contributed by atoms with Gasteiger partial charge in [0.05, 0.1) is 11.8 Å². The maximum atomic E-state index is 12.8. The zero-order valence-electron chi connectivity index (χ0n) is 10.6. The van der Waals surface area contributed by atoms with Crippen molar-refractivity contribution in [2.24, 2.45) is 4.40 Å². The van der Waals surface area contributed by atoms with Crippen LogP contribution in [0.25, 0.3) is 0 Å². The van der Waals surface area contributed by atoms with Crippen molar-refractivity contribution in [3.63, 3.8) is 0 Å². The molecule has 1 rings (SSSR count). The van der Waals surface area contributed by atoms with Crippen LogP contribution < -0.4 is 0 Å². The minimum atomic E-state index is -4.53. The summed E-state index contributed by atoms with van der Waals surface area (Å²) in [5.41, 5.74) is -1.05. The summed E-state index contributed by atoms with van der Waals surface area (Å²) in [5, 5.41) is -0.0126. The van der Waals surface area contributed by atoms with Gasteiger partial charge in [0.15, 0.2) is 0 Å². The normalized spacial score (nSPS) is 14.9. The molecule has 0 radical (unpaired) electrons. The first kappa shape index (κ1) is 16.3. The van der Waals surface area contributed by atoms with E-state index in [-0.39, 0.29) is 10.6 Å². The third-order valence-corrected chi connectivity index (χ3v) is 3.71. The molecular formula is C12H13ClF3NOS. The summed E-state index contributed by atoms with van der Waals surface area (Å²) >= 11 is 3.94. The van der Waals surface area contributed by atoms with Gasteiger partial charge in [0.2, 0.25) is 0 Å². The Hall–Kier alpha value is -0.720. The molecule has 1 unspecified atom stereocenters. The molecule has 1 aromatic rings. The van der Waals surface area contributed by atoms with Gasteiger partial charge in [-0.1, -0.05) is 22.1 Å². The number of hydrogen-bond acceptors (Lipinski definition) is 2. The van der Waals surface area contributed by atoms with Crippen molar-refractivity contribution in [1.82, 2.24) is 0 Å². The van der Waals surface area contributed by atoms with Gasteiger partial charge < -0.3 is 4.55 Å². The Balaban J connectivity index is 3.12. The van der Waals surface area contributed by atoms with Gasteiger partial charge in [-0.25, -0.2) is 0 Å². The Bertz CT molecular complexity index is 483. The molecule has 7 heteroatoms. The highest BCUT2D eigenvalue weighted by Gasteiger charge is 2.33. The van der Waals surface area contributed by atoms with E-state index in [1.165, 1.54) is 12.1 Å². The fourth-order valence-corrected chi connectivity index (χ4v) is 1.85. The van der Waals surface area contributed by atoms with E-state index in [1.807, 2.05) is 0 Å². The summed E-state index contributed by atoms with van der Waals surface area (Å²) in [6, 6.07) is 3.36. The molecule has 1 aromatic carbocycles. The molecule has 0 saturated carbocycles. The number of rotatable bonds is 2. The van der Waals surface area contributed by atoms with E-state index in [9.17, 15) is 17.7 Å². The Kier molecular flexibility index (Phi) is 4.92. The highest BCUT2D eigenvalue weighted by Crippen LogP contribution is 2.33. The van der Waals surface area contributed by atoms with Crippen LogP contribution in [-0.4, -0.2) is 15.5 Å². The molecule has 0 aliphatic heterocycles. The van der Waals surface area contributed by atoms with E-state index in [4.69, 9.17) is 11.6 Å². The number of nitrogens with zero attached hydrogens (tertiary/aromatic N) is 1. The Morgan fingerprint density at radius 1 is 1.26 bits per heavy atom. The topological polar surface area (TPSA) is 35.4 Å². The van der Waals surface area contributed by atoms with Crippen LogP contribution >= 0.6 is 11.6 Å². The zero-order valence-corrected chi connectivity index (χ0v) is 12.2. The van der Waals surface area contributed by atoms with Crippen LogP contribution in [0.5, 0.6) is 0 Å². The number of benzene rings is 1. The molecule has 0 heterocycles. The predicted octanol–water partition coefficient (Wildman–Crippen LogP) is 4.24. The van der Waals surface area contributed by atoms with Crippen LogP contribution in [0.4, 0.5) is 13.2 Å². The van der Waals surface area contributed by atoms with E-state index in [0.29, 0.717) is 0 Å². The number of hydrogen-bond donors (Lipinski definition) is 0. The van der Waals surface area contributed by atoms with Crippen molar-refractivity contribution in [3.05, 3.63) is 34.3 Å². The second kappa shape index (κ2) is 5.73. The average molecular weight is 312 g/mol. The first-order chi connectivity index (χ1) is 8.51. The number of halogens is 4. The molecular weight excluding hydrogens is 299 g/mol. The minimum absolute atomic E-state index is 0.0126. The molecule has 0 bridgehead atoms. The van der Waals surface area contributed by atoms with Crippen molar-refractivity contribution in [2.75, 3.05) is 0 Å². The first-order valence-corrected chi connectivity index (χ1v) is 6.83. The monoisotopic (exact) mass is 311 g/mol. The third kappa shape index (κ3) is 4.71.